The first-order chi connectivity index (χ1) is 13.2. The molecule has 1 aliphatic heterocycles. The summed E-state index contributed by atoms with van der Waals surface area (Å²) in [5, 5.41) is 2.17. The van der Waals surface area contributed by atoms with Crippen molar-refractivity contribution >= 4 is 43.3 Å². The van der Waals surface area contributed by atoms with Crippen molar-refractivity contribution in [3.05, 3.63) is 65.0 Å². The Kier molecular flexibility index (Phi) is 3.86. The van der Waals surface area contributed by atoms with Gasteiger partial charge in [0.2, 0.25) is 0 Å². The third-order valence-electron chi connectivity index (χ3n) is 5.32. The number of benzene rings is 2. The number of piperazine rings is 1. The van der Waals surface area contributed by atoms with Crippen LogP contribution in [0.2, 0.25) is 0 Å². The third-order valence-corrected chi connectivity index (χ3v) is 6.48. The van der Waals surface area contributed by atoms with Crippen LogP contribution < -0.4 is 15.4 Å². The number of rotatable bonds is 2. The number of para-hydroxylation sites is 1. The lowest BCUT2D eigenvalue weighted by Crippen LogP contribution is -2.46. The van der Waals surface area contributed by atoms with E-state index in [1.165, 1.54) is 5.69 Å². The summed E-state index contributed by atoms with van der Waals surface area (Å²) in [5.41, 5.74) is 3.27. The van der Waals surface area contributed by atoms with E-state index in [1.807, 2.05) is 25.2 Å². The maximum atomic E-state index is 11.9. The van der Waals surface area contributed by atoms with E-state index in [1.54, 1.807) is 22.0 Å². The van der Waals surface area contributed by atoms with E-state index in [0.717, 1.165) is 52.4 Å². The summed E-state index contributed by atoms with van der Waals surface area (Å²) in [7, 11) is 1.82. The molecule has 1 fully saturated rings. The van der Waals surface area contributed by atoms with Gasteiger partial charge in [-0.05, 0) is 30.3 Å². The summed E-state index contributed by atoms with van der Waals surface area (Å²) in [6.45, 7) is 3.92. The molecule has 0 spiro atoms. The van der Waals surface area contributed by atoms with Gasteiger partial charge in [-0.2, -0.15) is 0 Å². The van der Waals surface area contributed by atoms with E-state index in [-0.39, 0.29) is 5.56 Å². The Labute approximate surface area is 161 Å². The molecule has 0 saturated carbocycles. The zero-order valence-corrected chi connectivity index (χ0v) is 15.9. The summed E-state index contributed by atoms with van der Waals surface area (Å²) in [4.78, 5) is 21.6. The minimum atomic E-state index is 0.0172. The zero-order chi connectivity index (χ0) is 18.4. The highest BCUT2D eigenvalue weighted by atomic mass is 32.1. The Morgan fingerprint density at radius 2 is 1.63 bits per heavy atom. The first-order valence-electron chi connectivity index (χ1n) is 9.15. The maximum absolute atomic E-state index is 11.9. The van der Waals surface area contributed by atoms with Crippen LogP contribution in [0, 0.1) is 0 Å². The van der Waals surface area contributed by atoms with Gasteiger partial charge in [0.1, 0.15) is 0 Å². The van der Waals surface area contributed by atoms with Gasteiger partial charge in [0.05, 0.1) is 15.7 Å². The zero-order valence-electron chi connectivity index (χ0n) is 15.1. The topological polar surface area (TPSA) is 41.4 Å². The predicted octanol–water partition coefficient (Wildman–Crippen LogP) is 3.47. The van der Waals surface area contributed by atoms with Gasteiger partial charge in [-0.1, -0.05) is 29.5 Å². The molecule has 4 aromatic rings. The molecule has 3 heterocycles. The number of aryl methyl sites for hydroxylation is 1. The highest BCUT2D eigenvalue weighted by Gasteiger charge is 2.20. The monoisotopic (exact) mass is 376 g/mol. The van der Waals surface area contributed by atoms with Crippen LogP contribution in [0.5, 0.6) is 0 Å². The van der Waals surface area contributed by atoms with Gasteiger partial charge < -0.3 is 14.4 Å². The molecule has 0 amide bonds. The van der Waals surface area contributed by atoms with Crippen LogP contribution >= 0.6 is 11.3 Å². The minimum Gasteiger partial charge on any atom is -0.368 e. The fourth-order valence-corrected chi connectivity index (χ4v) is 4.90. The average molecular weight is 376 g/mol. The predicted molar refractivity (Wildman–Crippen MR) is 113 cm³/mol. The van der Waals surface area contributed by atoms with Crippen LogP contribution in [0.4, 0.5) is 10.8 Å². The molecule has 0 radical (unpaired) electrons. The van der Waals surface area contributed by atoms with Crippen LogP contribution in [-0.4, -0.2) is 35.7 Å². The lowest BCUT2D eigenvalue weighted by atomic mass is 10.2. The fourth-order valence-electron chi connectivity index (χ4n) is 3.76. The Morgan fingerprint density at radius 3 is 2.41 bits per heavy atom. The Bertz CT molecular complexity index is 1170. The largest absolute Gasteiger partial charge is 0.368 e. The van der Waals surface area contributed by atoms with E-state index in [9.17, 15) is 4.79 Å². The first-order valence-corrected chi connectivity index (χ1v) is 9.96. The minimum absolute atomic E-state index is 0.0172. The fraction of sp³-hybridized carbons (Fsp3) is 0.238. The molecule has 136 valence electrons. The first kappa shape index (κ1) is 16.3. The van der Waals surface area contributed by atoms with Gasteiger partial charge in [-0.3, -0.25) is 4.79 Å². The molecule has 1 saturated heterocycles. The van der Waals surface area contributed by atoms with Crippen LogP contribution in [0.15, 0.2) is 59.4 Å². The van der Waals surface area contributed by atoms with Gasteiger partial charge >= 0.3 is 0 Å². The molecule has 1 aliphatic rings. The molecule has 0 bridgehead atoms. The molecular weight excluding hydrogens is 356 g/mol. The number of anilines is 2. The highest BCUT2D eigenvalue weighted by Crippen LogP contribution is 2.34. The van der Waals surface area contributed by atoms with Crippen LogP contribution in [0.25, 0.3) is 21.1 Å². The summed E-state index contributed by atoms with van der Waals surface area (Å²) in [5.74, 6) is 0. The number of fused-ring (bicyclic) bond motifs is 3. The summed E-state index contributed by atoms with van der Waals surface area (Å²) in [6, 6.07) is 18.2. The SMILES string of the molecule is Cn1c(=O)ccc2c3sc(N4CCN(c5ccccc5)CC4)nc3ccc21. The highest BCUT2D eigenvalue weighted by molar-refractivity contribution is 7.23. The van der Waals surface area contributed by atoms with Crippen molar-refractivity contribution in [3.63, 3.8) is 0 Å². The normalized spacial score (nSPS) is 15.0. The van der Waals surface area contributed by atoms with Crippen LogP contribution in [-0.2, 0) is 7.05 Å². The molecule has 27 heavy (non-hydrogen) atoms. The second-order valence-electron chi connectivity index (χ2n) is 6.88. The van der Waals surface area contributed by atoms with Gasteiger partial charge in [0.15, 0.2) is 5.13 Å². The summed E-state index contributed by atoms with van der Waals surface area (Å²) in [6.07, 6.45) is 0. The van der Waals surface area contributed by atoms with Crippen molar-refractivity contribution in [3.8, 4) is 0 Å². The molecule has 6 heteroatoms. The lowest BCUT2D eigenvalue weighted by Gasteiger charge is -2.35. The van der Waals surface area contributed by atoms with Crippen molar-refractivity contribution in [2.45, 2.75) is 0 Å². The van der Waals surface area contributed by atoms with Crippen molar-refractivity contribution in [1.82, 2.24) is 9.55 Å². The number of aromatic nitrogens is 2. The van der Waals surface area contributed by atoms with E-state index in [2.05, 4.69) is 40.1 Å². The van der Waals surface area contributed by atoms with Crippen LogP contribution in [0.1, 0.15) is 0 Å². The smallest absolute Gasteiger partial charge is 0.250 e. The van der Waals surface area contributed by atoms with Gasteiger partial charge in [0, 0.05) is 50.4 Å². The third kappa shape index (κ3) is 2.77. The van der Waals surface area contributed by atoms with Crippen LogP contribution in [0.3, 0.4) is 0 Å². The lowest BCUT2D eigenvalue weighted by molar-refractivity contribution is 0.652. The second-order valence-corrected chi connectivity index (χ2v) is 7.86. The maximum Gasteiger partial charge on any atom is 0.250 e. The molecule has 5 rings (SSSR count). The number of hydrogen-bond acceptors (Lipinski definition) is 5. The van der Waals surface area contributed by atoms with E-state index >= 15 is 0 Å². The second kappa shape index (κ2) is 6.39. The van der Waals surface area contributed by atoms with E-state index in [4.69, 9.17) is 4.98 Å². The number of hydrogen-bond donors (Lipinski definition) is 0. The van der Waals surface area contributed by atoms with Gasteiger partial charge in [-0.25, -0.2) is 4.98 Å². The Morgan fingerprint density at radius 1 is 0.889 bits per heavy atom. The van der Waals surface area contributed by atoms with E-state index < -0.39 is 0 Å². The molecule has 0 aliphatic carbocycles. The summed E-state index contributed by atoms with van der Waals surface area (Å²) >= 11 is 1.73. The van der Waals surface area contributed by atoms with Gasteiger partial charge in [0.25, 0.3) is 5.56 Å². The average Bonchev–Trinajstić information content (AvgIpc) is 3.16. The number of pyridine rings is 1. The standard InChI is InChI=1S/C21H20N4OS/c1-23-18-9-8-17-20(16(18)7-10-19(23)26)27-21(22-17)25-13-11-24(12-14-25)15-5-3-2-4-6-15/h2-10H,11-14H2,1H3. The van der Waals surface area contributed by atoms with Crippen molar-refractivity contribution in [2.24, 2.45) is 7.05 Å². The van der Waals surface area contributed by atoms with Crippen molar-refractivity contribution < 1.29 is 0 Å². The molecule has 2 aromatic carbocycles. The quantitative estimate of drug-likeness (QED) is 0.537. The molecular formula is C21H20N4OS. The Balaban J connectivity index is 1.45. The molecule has 5 nitrogen and oxygen atoms in total. The Hall–Kier alpha value is -2.86. The number of nitrogens with zero attached hydrogens (tertiary/aromatic N) is 4. The molecule has 0 unspecified atom stereocenters. The molecule has 0 N–H and O–H groups in total. The summed E-state index contributed by atoms with van der Waals surface area (Å²) < 4.78 is 2.86. The van der Waals surface area contributed by atoms with Crippen molar-refractivity contribution in [1.29, 1.82) is 0 Å². The molecule has 0 atom stereocenters. The molecule has 2 aromatic heterocycles. The number of thiazole rings is 1. The van der Waals surface area contributed by atoms with Crippen molar-refractivity contribution in [2.75, 3.05) is 36.0 Å². The van der Waals surface area contributed by atoms with Gasteiger partial charge in [-0.15, -0.1) is 0 Å². The van der Waals surface area contributed by atoms with E-state index in [0.29, 0.717) is 0 Å².